The maximum atomic E-state index is 11.8. The van der Waals surface area contributed by atoms with Crippen LogP contribution in [0.15, 0.2) is 36.4 Å². The summed E-state index contributed by atoms with van der Waals surface area (Å²) in [5.74, 6) is -1.36. The van der Waals surface area contributed by atoms with Gasteiger partial charge in [0.25, 0.3) is 0 Å². The maximum Gasteiger partial charge on any atom is 0.345 e. The van der Waals surface area contributed by atoms with Gasteiger partial charge < -0.3 is 9.47 Å². The molecule has 0 aliphatic rings. The molecule has 0 aliphatic carbocycles. The molecule has 20 heavy (non-hydrogen) atoms. The molecule has 1 rings (SSSR count). The first-order chi connectivity index (χ1) is 9.62. The molecule has 4 heteroatoms. The molecule has 0 aliphatic heterocycles. The van der Waals surface area contributed by atoms with Crippen LogP contribution in [0.25, 0.3) is 12.2 Å². The summed E-state index contributed by atoms with van der Waals surface area (Å²) in [5, 5.41) is 0. The minimum Gasteiger partial charge on any atom is -0.462 e. The lowest BCUT2D eigenvalue weighted by atomic mass is 10.1. The first-order valence-corrected chi connectivity index (χ1v) is 6.40. The zero-order valence-corrected chi connectivity index (χ0v) is 11.7. The van der Waals surface area contributed by atoms with Gasteiger partial charge in [-0.2, -0.15) is 0 Å². The molecule has 0 radical (unpaired) electrons. The monoisotopic (exact) mass is 274 g/mol. The molecule has 4 nitrogen and oxygen atoms in total. The van der Waals surface area contributed by atoms with Crippen molar-refractivity contribution in [2.24, 2.45) is 0 Å². The lowest BCUT2D eigenvalue weighted by Gasteiger charge is -2.06. The Hall–Kier alpha value is -2.36. The van der Waals surface area contributed by atoms with E-state index in [0.717, 1.165) is 5.56 Å². The summed E-state index contributed by atoms with van der Waals surface area (Å²) in [6.07, 6.45) is 3.17. The predicted octanol–water partition coefficient (Wildman–Crippen LogP) is 2.84. The van der Waals surface area contributed by atoms with E-state index in [-0.39, 0.29) is 18.8 Å². The molecule has 1 aromatic rings. The number of esters is 2. The fraction of sp³-hybridized carbons (Fsp3) is 0.250. The second-order valence-electron chi connectivity index (χ2n) is 3.87. The average molecular weight is 274 g/mol. The van der Waals surface area contributed by atoms with Gasteiger partial charge in [-0.25, -0.2) is 9.59 Å². The van der Waals surface area contributed by atoms with E-state index in [1.54, 1.807) is 32.1 Å². The molecule has 0 N–H and O–H groups in total. The number of carbonyl (C=O) groups excluding carboxylic acids is 2. The number of hydrogen-bond donors (Lipinski definition) is 0. The third-order valence-corrected chi connectivity index (χ3v) is 2.47. The Bertz CT molecular complexity index is 492. The molecule has 0 unspecified atom stereocenters. The molecular formula is C16H18O4. The van der Waals surface area contributed by atoms with Gasteiger partial charge in [-0.15, -0.1) is 0 Å². The Labute approximate surface area is 118 Å². The largest absolute Gasteiger partial charge is 0.462 e. The third kappa shape index (κ3) is 4.39. The number of benzene rings is 1. The molecule has 0 saturated carbocycles. The summed E-state index contributed by atoms with van der Waals surface area (Å²) >= 11 is 0. The summed E-state index contributed by atoms with van der Waals surface area (Å²) < 4.78 is 9.73. The van der Waals surface area contributed by atoms with Crippen LogP contribution in [0.3, 0.4) is 0 Å². The lowest BCUT2D eigenvalue weighted by Crippen LogP contribution is -2.18. The molecule has 0 heterocycles. The zero-order chi connectivity index (χ0) is 15.0. The van der Waals surface area contributed by atoms with E-state index in [1.807, 2.05) is 12.1 Å². The molecule has 1 aromatic carbocycles. The standard InChI is InChI=1S/C16H18O4/c1-4-12-7-9-13(10-8-12)11-14(15(17)19-5-2)16(18)20-6-3/h4,7-11H,1,5-6H2,2-3H3. The van der Waals surface area contributed by atoms with Crippen molar-refractivity contribution in [3.05, 3.63) is 47.5 Å². The van der Waals surface area contributed by atoms with Gasteiger partial charge in [-0.05, 0) is 31.1 Å². The summed E-state index contributed by atoms with van der Waals surface area (Å²) in [7, 11) is 0. The zero-order valence-electron chi connectivity index (χ0n) is 11.7. The van der Waals surface area contributed by atoms with Crippen LogP contribution in [0.5, 0.6) is 0 Å². The second kappa shape index (κ2) is 7.94. The first kappa shape index (κ1) is 15.7. The molecule has 0 spiro atoms. The molecule has 0 amide bonds. The van der Waals surface area contributed by atoms with Gasteiger partial charge in [-0.3, -0.25) is 0 Å². The van der Waals surface area contributed by atoms with Gasteiger partial charge in [0.15, 0.2) is 0 Å². The molecule has 0 atom stereocenters. The number of ether oxygens (including phenoxy) is 2. The molecule has 0 aromatic heterocycles. The highest BCUT2D eigenvalue weighted by Gasteiger charge is 2.20. The Kier molecular flexibility index (Phi) is 6.23. The lowest BCUT2D eigenvalue weighted by molar-refractivity contribution is -0.146. The van der Waals surface area contributed by atoms with Gasteiger partial charge in [0.2, 0.25) is 0 Å². The topological polar surface area (TPSA) is 52.6 Å². The van der Waals surface area contributed by atoms with Crippen molar-refractivity contribution < 1.29 is 19.1 Å². The minimum absolute atomic E-state index is 0.111. The number of rotatable bonds is 6. The van der Waals surface area contributed by atoms with Crippen LogP contribution in [0.4, 0.5) is 0 Å². The van der Waals surface area contributed by atoms with Crippen LogP contribution in [0, 0.1) is 0 Å². The van der Waals surface area contributed by atoms with Crippen LogP contribution in [0.1, 0.15) is 25.0 Å². The normalized spacial score (nSPS) is 9.50. The highest BCUT2D eigenvalue weighted by atomic mass is 16.6. The van der Waals surface area contributed by atoms with Gasteiger partial charge in [0.1, 0.15) is 5.57 Å². The van der Waals surface area contributed by atoms with Gasteiger partial charge in [0.05, 0.1) is 13.2 Å². The van der Waals surface area contributed by atoms with Crippen LogP contribution in [0.2, 0.25) is 0 Å². The van der Waals surface area contributed by atoms with Crippen molar-refractivity contribution in [3.63, 3.8) is 0 Å². The maximum absolute atomic E-state index is 11.8. The summed E-state index contributed by atoms with van der Waals surface area (Å²) in [5.41, 5.74) is 1.56. The van der Waals surface area contributed by atoms with E-state index in [1.165, 1.54) is 6.08 Å². The van der Waals surface area contributed by atoms with Gasteiger partial charge in [0, 0.05) is 0 Å². The quantitative estimate of drug-likeness (QED) is 0.346. The van der Waals surface area contributed by atoms with Crippen molar-refractivity contribution >= 4 is 24.1 Å². The fourth-order valence-electron chi connectivity index (χ4n) is 1.51. The minimum atomic E-state index is -0.682. The fourth-order valence-corrected chi connectivity index (χ4v) is 1.51. The van der Waals surface area contributed by atoms with Crippen molar-refractivity contribution in [3.8, 4) is 0 Å². The first-order valence-electron chi connectivity index (χ1n) is 6.40. The second-order valence-corrected chi connectivity index (χ2v) is 3.87. The Morgan fingerprint density at radius 1 is 1.00 bits per heavy atom. The van der Waals surface area contributed by atoms with Crippen LogP contribution >= 0.6 is 0 Å². The Morgan fingerprint density at radius 3 is 1.85 bits per heavy atom. The Balaban J connectivity index is 3.06. The summed E-state index contributed by atoms with van der Waals surface area (Å²) in [4.78, 5) is 23.6. The van der Waals surface area contributed by atoms with E-state index in [2.05, 4.69) is 6.58 Å². The molecule has 0 fully saturated rings. The SMILES string of the molecule is C=Cc1ccc(C=C(C(=O)OCC)C(=O)OCC)cc1. The highest BCUT2D eigenvalue weighted by molar-refractivity contribution is 6.17. The number of carbonyl (C=O) groups is 2. The van der Waals surface area contributed by atoms with E-state index >= 15 is 0 Å². The third-order valence-electron chi connectivity index (χ3n) is 2.47. The smallest absolute Gasteiger partial charge is 0.345 e. The van der Waals surface area contributed by atoms with Crippen LogP contribution < -0.4 is 0 Å². The highest BCUT2D eigenvalue weighted by Crippen LogP contribution is 2.12. The summed E-state index contributed by atoms with van der Waals surface area (Å²) in [6, 6.07) is 7.25. The summed E-state index contributed by atoms with van der Waals surface area (Å²) in [6.45, 7) is 7.42. The average Bonchev–Trinajstić information content (AvgIpc) is 2.45. The van der Waals surface area contributed by atoms with Gasteiger partial charge >= 0.3 is 11.9 Å². The molecule has 0 saturated heterocycles. The molecule has 106 valence electrons. The predicted molar refractivity (Wildman–Crippen MR) is 77.8 cm³/mol. The Morgan fingerprint density at radius 2 is 1.45 bits per heavy atom. The van der Waals surface area contributed by atoms with E-state index in [0.29, 0.717) is 5.56 Å². The number of hydrogen-bond acceptors (Lipinski definition) is 4. The van der Waals surface area contributed by atoms with E-state index in [4.69, 9.17) is 9.47 Å². The van der Waals surface area contributed by atoms with E-state index < -0.39 is 11.9 Å². The van der Waals surface area contributed by atoms with Crippen molar-refractivity contribution in [2.75, 3.05) is 13.2 Å². The van der Waals surface area contributed by atoms with Crippen molar-refractivity contribution in [1.82, 2.24) is 0 Å². The van der Waals surface area contributed by atoms with E-state index in [9.17, 15) is 9.59 Å². The van der Waals surface area contributed by atoms with Gasteiger partial charge in [-0.1, -0.05) is 36.9 Å². The van der Waals surface area contributed by atoms with Crippen molar-refractivity contribution in [2.45, 2.75) is 13.8 Å². The van der Waals surface area contributed by atoms with Crippen LogP contribution in [-0.2, 0) is 19.1 Å². The van der Waals surface area contributed by atoms with Crippen LogP contribution in [-0.4, -0.2) is 25.2 Å². The molecule has 0 bridgehead atoms. The van der Waals surface area contributed by atoms with Crippen molar-refractivity contribution in [1.29, 1.82) is 0 Å². The molecular weight excluding hydrogens is 256 g/mol.